The molecule has 1 aliphatic heterocycles. The Labute approximate surface area is 81.4 Å². The molecule has 0 bridgehead atoms. The van der Waals surface area contributed by atoms with Crippen LogP contribution in [0.5, 0.6) is 5.75 Å². The van der Waals surface area contributed by atoms with Gasteiger partial charge in [-0.1, -0.05) is 12.1 Å². The minimum absolute atomic E-state index is 0.399. The number of ether oxygens (including phenoxy) is 3. The summed E-state index contributed by atoms with van der Waals surface area (Å²) in [6, 6.07) is 5.31. The van der Waals surface area contributed by atoms with Gasteiger partial charge in [0.25, 0.3) is 0 Å². The largest absolute Gasteiger partial charge is 0.496 e. The lowest BCUT2D eigenvalue weighted by atomic mass is 10.1. The van der Waals surface area contributed by atoms with Gasteiger partial charge in [-0.05, 0) is 6.07 Å². The minimum Gasteiger partial charge on any atom is -0.496 e. The minimum atomic E-state index is -0.604. The van der Waals surface area contributed by atoms with Crippen LogP contribution < -0.4 is 4.74 Å². The molecule has 4 heteroatoms. The van der Waals surface area contributed by atoms with Gasteiger partial charge in [0.05, 0.1) is 7.11 Å². The smallest absolute Gasteiger partial charge is 0.345 e. The van der Waals surface area contributed by atoms with Gasteiger partial charge in [0.15, 0.2) is 0 Å². The maximum absolute atomic E-state index is 11.4. The van der Waals surface area contributed by atoms with Crippen molar-refractivity contribution < 1.29 is 19.0 Å². The van der Waals surface area contributed by atoms with E-state index in [1.165, 1.54) is 14.2 Å². The normalized spacial score (nSPS) is 19.0. The van der Waals surface area contributed by atoms with Crippen LogP contribution in [0, 0.1) is 0 Å². The van der Waals surface area contributed by atoms with Gasteiger partial charge in [-0.15, -0.1) is 0 Å². The number of carbonyl (C=O) groups is 1. The SMILES string of the molecule is COc1cccc2c1C(=O)OC2OC. The third-order valence-corrected chi connectivity index (χ3v) is 2.16. The molecule has 0 saturated heterocycles. The van der Waals surface area contributed by atoms with Crippen LogP contribution in [0.3, 0.4) is 0 Å². The van der Waals surface area contributed by atoms with E-state index in [9.17, 15) is 4.79 Å². The van der Waals surface area contributed by atoms with Gasteiger partial charge >= 0.3 is 5.97 Å². The second-order valence-electron chi connectivity index (χ2n) is 2.90. The van der Waals surface area contributed by atoms with E-state index in [0.717, 1.165) is 5.56 Å². The molecule has 1 aliphatic rings. The molecule has 1 aromatic carbocycles. The van der Waals surface area contributed by atoms with Crippen LogP contribution >= 0.6 is 0 Å². The van der Waals surface area contributed by atoms with Gasteiger partial charge in [-0.25, -0.2) is 4.79 Å². The Hall–Kier alpha value is -1.55. The van der Waals surface area contributed by atoms with E-state index in [-0.39, 0.29) is 0 Å². The van der Waals surface area contributed by atoms with E-state index in [0.29, 0.717) is 11.3 Å². The van der Waals surface area contributed by atoms with Crippen LogP contribution in [0.15, 0.2) is 18.2 Å². The Kier molecular flexibility index (Phi) is 2.13. The number of carbonyl (C=O) groups excluding carboxylic acids is 1. The van der Waals surface area contributed by atoms with Crippen molar-refractivity contribution in [3.05, 3.63) is 29.3 Å². The Morgan fingerprint density at radius 1 is 1.36 bits per heavy atom. The van der Waals surface area contributed by atoms with Crippen molar-refractivity contribution in [2.24, 2.45) is 0 Å². The zero-order chi connectivity index (χ0) is 10.1. The maximum Gasteiger partial charge on any atom is 0.345 e. The van der Waals surface area contributed by atoms with Crippen molar-refractivity contribution in [1.29, 1.82) is 0 Å². The molecule has 14 heavy (non-hydrogen) atoms. The van der Waals surface area contributed by atoms with Gasteiger partial charge in [0.1, 0.15) is 11.3 Å². The summed E-state index contributed by atoms with van der Waals surface area (Å²) >= 11 is 0. The molecule has 0 aromatic heterocycles. The van der Waals surface area contributed by atoms with E-state index < -0.39 is 12.3 Å². The number of rotatable bonds is 2. The molecule has 1 unspecified atom stereocenters. The van der Waals surface area contributed by atoms with E-state index in [4.69, 9.17) is 14.2 Å². The number of hydrogen-bond donors (Lipinski definition) is 0. The summed E-state index contributed by atoms with van der Waals surface area (Å²) in [7, 11) is 3.01. The fraction of sp³-hybridized carbons (Fsp3) is 0.300. The lowest BCUT2D eigenvalue weighted by Gasteiger charge is -2.07. The number of benzene rings is 1. The lowest BCUT2D eigenvalue weighted by molar-refractivity contribution is -0.0815. The first kappa shape index (κ1) is 9.02. The monoisotopic (exact) mass is 194 g/mol. The molecule has 2 rings (SSSR count). The van der Waals surface area contributed by atoms with Gasteiger partial charge in [-0.3, -0.25) is 0 Å². The number of hydrogen-bond acceptors (Lipinski definition) is 4. The summed E-state index contributed by atoms with van der Waals surface area (Å²) in [6.07, 6.45) is -0.604. The standard InChI is InChI=1S/C10H10O4/c1-12-7-5-3-4-6-8(7)9(11)14-10(6)13-2/h3-5,10H,1-2H3. The highest BCUT2D eigenvalue weighted by molar-refractivity contribution is 5.96. The zero-order valence-electron chi connectivity index (χ0n) is 7.94. The molecule has 74 valence electrons. The first-order valence-electron chi connectivity index (χ1n) is 4.18. The van der Waals surface area contributed by atoms with E-state index in [1.807, 2.05) is 0 Å². The molecule has 0 fully saturated rings. The molecule has 0 N–H and O–H groups in total. The van der Waals surface area contributed by atoms with Crippen molar-refractivity contribution in [3.63, 3.8) is 0 Å². The molecule has 0 spiro atoms. The second-order valence-corrected chi connectivity index (χ2v) is 2.90. The summed E-state index contributed by atoms with van der Waals surface area (Å²) in [4.78, 5) is 11.4. The quantitative estimate of drug-likeness (QED) is 0.669. The second kappa shape index (κ2) is 3.31. The molecular weight excluding hydrogens is 184 g/mol. The number of fused-ring (bicyclic) bond motifs is 1. The average Bonchev–Trinajstić information content (AvgIpc) is 2.55. The molecule has 1 atom stereocenters. The number of cyclic esters (lactones) is 1. The van der Waals surface area contributed by atoms with Gasteiger partial charge < -0.3 is 14.2 Å². The molecule has 1 aromatic rings. The van der Waals surface area contributed by atoms with Crippen LogP contribution in [0.25, 0.3) is 0 Å². The van der Waals surface area contributed by atoms with Crippen LogP contribution in [-0.4, -0.2) is 20.2 Å². The van der Waals surface area contributed by atoms with Gasteiger partial charge in [0.2, 0.25) is 6.29 Å². The summed E-state index contributed by atoms with van der Waals surface area (Å²) in [5, 5.41) is 0. The van der Waals surface area contributed by atoms with E-state index in [1.54, 1.807) is 18.2 Å². The Morgan fingerprint density at radius 2 is 2.14 bits per heavy atom. The highest BCUT2D eigenvalue weighted by Gasteiger charge is 2.33. The fourth-order valence-corrected chi connectivity index (χ4v) is 1.53. The Balaban J connectivity index is 2.55. The van der Waals surface area contributed by atoms with Crippen LogP contribution in [-0.2, 0) is 9.47 Å². The Morgan fingerprint density at radius 3 is 2.79 bits per heavy atom. The van der Waals surface area contributed by atoms with Crippen LogP contribution in [0.1, 0.15) is 22.2 Å². The highest BCUT2D eigenvalue weighted by atomic mass is 16.7. The van der Waals surface area contributed by atoms with Crippen LogP contribution in [0.4, 0.5) is 0 Å². The maximum atomic E-state index is 11.4. The van der Waals surface area contributed by atoms with Crippen molar-refractivity contribution in [1.82, 2.24) is 0 Å². The summed E-state index contributed by atoms with van der Waals surface area (Å²) < 4.78 is 15.1. The average molecular weight is 194 g/mol. The summed E-state index contributed by atoms with van der Waals surface area (Å²) in [5.74, 6) is 0.122. The first-order chi connectivity index (χ1) is 6.77. The molecular formula is C10H10O4. The lowest BCUT2D eigenvalue weighted by Crippen LogP contribution is -2.00. The molecule has 0 radical (unpaired) electrons. The summed E-state index contributed by atoms with van der Waals surface area (Å²) in [6.45, 7) is 0. The van der Waals surface area contributed by atoms with Crippen molar-refractivity contribution in [2.75, 3.05) is 14.2 Å². The Bertz CT molecular complexity index is 372. The topological polar surface area (TPSA) is 44.8 Å². The third-order valence-electron chi connectivity index (χ3n) is 2.16. The number of methoxy groups -OCH3 is 2. The first-order valence-corrected chi connectivity index (χ1v) is 4.18. The van der Waals surface area contributed by atoms with Gasteiger partial charge in [0, 0.05) is 12.7 Å². The highest BCUT2D eigenvalue weighted by Crippen LogP contribution is 2.36. The number of esters is 1. The zero-order valence-corrected chi connectivity index (χ0v) is 7.94. The van der Waals surface area contributed by atoms with Gasteiger partial charge in [-0.2, -0.15) is 0 Å². The third kappa shape index (κ3) is 1.15. The predicted molar refractivity (Wildman–Crippen MR) is 48.2 cm³/mol. The molecule has 0 aliphatic carbocycles. The molecule has 0 amide bonds. The van der Waals surface area contributed by atoms with Crippen molar-refractivity contribution in [2.45, 2.75) is 6.29 Å². The van der Waals surface area contributed by atoms with Crippen LogP contribution in [0.2, 0.25) is 0 Å². The fourth-order valence-electron chi connectivity index (χ4n) is 1.53. The van der Waals surface area contributed by atoms with Crippen molar-refractivity contribution in [3.8, 4) is 5.75 Å². The molecule has 1 heterocycles. The summed E-state index contributed by atoms with van der Waals surface area (Å²) in [5.41, 5.74) is 1.18. The predicted octanol–water partition coefficient (Wildman–Crippen LogP) is 1.51. The van der Waals surface area contributed by atoms with E-state index in [2.05, 4.69) is 0 Å². The molecule has 4 nitrogen and oxygen atoms in total. The van der Waals surface area contributed by atoms with E-state index >= 15 is 0 Å². The molecule has 0 saturated carbocycles. The van der Waals surface area contributed by atoms with Crippen molar-refractivity contribution >= 4 is 5.97 Å².